The minimum atomic E-state index is -0.877. The van der Waals surface area contributed by atoms with Crippen LogP contribution in [-0.4, -0.2) is 17.0 Å². The first-order valence-corrected chi connectivity index (χ1v) is 7.27. The monoisotopic (exact) mass is 291 g/mol. The number of carboxylic acid groups (broad SMARTS) is 1. The van der Waals surface area contributed by atoms with Gasteiger partial charge in [-0.15, -0.1) is 0 Å². The summed E-state index contributed by atoms with van der Waals surface area (Å²) < 4.78 is 13.1. The van der Waals surface area contributed by atoms with Gasteiger partial charge in [0.25, 0.3) is 0 Å². The van der Waals surface area contributed by atoms with Crippen LogP contribution in [0.25, 0.3) is 0 Å². The maximum Gasteiger partial charge on any atom is 0.307 e. The highest BCUT2D eigenvalue weighted by atomic mass is 19.1. The molecule has 0 aromatic heterocycles. The number of hydrogen-bond donors (Lipinski definition) is 2. The minimum absolute atomic E-state index is 0.123. The van der Waals surface area contributed by atoms with E-state index >= 15 is 0 Å². The number of rotatable bonds is 3. The van der Waals surface area contributed by atoms with Gasteiger partial charge in [-0.25, -0.2) is 4.39 Å². The van der Waals surface area contributed by atoms with E-state index in [1.165, 1.54) is 18.2 Å². The van der Waals surface area contributed by atoms with E-state index in [0.29, 0.717) is 11.3 Å². The molecule has 0 unspecified atom stereocenters. The van der Waals surface area contributed by atoms with Gasteiger partial charge in [-0.1, -0.05) is 0 Å². The predicted octanol–water partition coefficient (Wildman–Crippen LogP) is 2.82. The van der Waals surface area contributed by atoms with E-state index in [9.17, 15) is 19.1 Å². The number of aliphatic carboxylic acids is 1. The summed E-state index contributed by atoms with van der Waals surface area (Å²) in [5.74, 6) is -2.24. The Morgan fingerprint density at radius 3 is 2.52 bits per heavy atom. The van der Waals surface area contributed by atoms with Gasteiger partial charge in [0.15, 0.2) is 0 Å². The van der Waals surface area contributed by atoms with Crippen molar-refractivity contribution in [3.05, 3.63) is 29.6 Å². The fourth-order valence-corrected chi connectivity index (χ4v) is 4.01. The van der Waals surface area contributed by atoms with Crippen molar-refractivity contribution in [1.29, 1.82) is 0 Å². The maximum atomic E-state index is 13.1. The van der Waals surface area contributed by atoms with Gasteiger partial charge >= 0.3 is 5.97 Å². The number of amides is 1. The molecule has 2 bridgehead atoms. The van der Waals surface area contributed by atoms with Crippen molar-refractivity contribution in [2.75, 3.05) is 5.32 Å². The molecule has 3 rings (SSSR count). The van der Waals surface area contributed by atoms with Gasteiger partial charge in [0, 0.05) is 5.69 Å². The SMILES string of the molecule is Cc1cc(F)ccc1NC(=O)[C@H]1[C@@H]2CC[C@@H](C2)[C@@H]1C(=O)O. The number of hydrogen-bond acceptors (Lipinski definition) is 2. The lowest BCUT2D eigenvalue weighted by Gasteiger charge is -2.27. The van der Waals surface area contributed by atoms with Crippen molar-refractivity contribution in [3.63, 3.8) is 0 Å². The third kappa shape index (κ3) is 2.41. The lowest BCUT2D eigenvalue weighted by Crippen LogP contribution is -2.38. The third-order valence-corrected chi connectivity index (χ3v) is 4.95. The molecular weight excluding hydrogens is 273 g/mol. The fraction of sp³-hybridized carbons (Fsp3) is 0.500. The first-order valence-electron chi connectivity index (χ1n) is 7.27. The summed E-state index contributed by atoms with van der Waals surface area (Å²) in [5, 5.41) is 12.2. The summed E-state index contributed by atoms with van der Waals surface area (Å²) in [6, 6.07) is 4.16. The van der Waals surface area contributed by atoms with Crippen LogP contribution in [-0.2, 0) is 9.59 Å². The van der Waals surface area contributed by atoms with Gasteiger partial charge < -0.3 is 10.4 Å². The lowest BCUT2D eigenvalue weighted by molar-refractivity contribution is -0.148. The highest BCUT2D eigenvalue weighted by Crippen LogP contribution is 2.52. The number of fused-ring (bicyclic) bond motifs is 2. The highest BCUT2D eigenvalue weighted by molar-refractivity contribution is 5.96. The van der Waals surface area contributed by atoms with E-state index in [1.807, 2.05) is 0 Å². The zero-order valence-corrected chi connectivity index (χ0v) is 11.8. The molecular formula is C16H18FNO3. The Bertz CT molecular complexity index is 601. The van der Waals surface area contributed by atoms with E-state index in [2.05, 4.69) is 5.32 Å². The van der Waals surface area contributed by atoms with E-state index in [0.717, 1.165) is 19.3 Å². The Balaban J connectivity index is 1.80. The van der Waals surface area contributed by atoms with E-state index in [-0.39, 0.29) is 23.6 Å². The van der Waals surface area contributed by atoms with Gasteiger partial charge in [0.1, 0.15) is 5.82 Å². The van der Waals surface area contributed by atoms with Crippen LogP contribution < -0.4 is 5.32 Å². The summed E-state index contributed by atoms with van der Waals surface area (Å²) in [7, 11) is 0. The zero-order chi connectivity index (χ0) is 15.1. The quantitative estimate of drug-likeness (QED) is 0.900. The topological polar surface area (TPSA) is 66.4 Å². The number of carboxylic acids is 1. The minimum Gasteiger partial charge on any atom is -0.481 e. The Morgan fingerprint density at radius 2 is 1.90 bits per heavy atom. The van der Waals surface area contributed by atoms with Crippen LogP contribution in [0, 0.1) is 36.4 Å². The smallest absolute Gasteiger partial charge is 0.307 e. The average molecular weight is 291 g/mol. The van der Waals surface area contributed by atoms with Crippen molar-refractivity contribution < 1.29 is 19.1 Å². The summed E-state index contributed by atoms with van der Waals surface area (Å²) >= 11 is 0. The number of halogens is 1. The number of aryl methyl sites for hydroxylation is 1. The van der Waals surface area contributed by atoms with Crippen LogP contribution >= 0.6 is 0 Å². The lowest BCUT2D eigenvalue weighted by atomic mass is 9.78. The number of nitrogens with one attached hydrogen (secondary N) is 1. The molecule has 0 aliphatic heterocycles. The van der Waals surface area contributed by atoms with E-state index < -0.39 is 17.8 Å². The van der Waals surface area contributed by atoms with E-state index in [4.69, 9.17) is 0 Å². The second-order valence-electron chi connectivity index (χ2n) is 6.17. The molecule has 4 nitrogen and oxygen atoms in total. The number of benzene rings is 1. The molecule has 4 atom stereocenters. The van der Waals surface area contributed by atoms with Crippen LogP contribution in [0.3, 0.4) is 0 Å². The molecule has 1 aromatic carbocycles. The molecule has 0 radical (unpaired) electrons. The Kier molecular flexibility index (Phi) is 3.43. The first kappa shape index (κ1) is 14.0. The van der Waals surface area contributed by atoms with Crippen LogP contribution in [0.1, 0.15) is 24.8 Å². The molecule has 2 N–H and O–H groups in total. The van der Waals surface area contributed by atoms with Crippen molar-refractivity contribution in [2.24, 2.45) is 23.7 Å². The normalized spacial score (nSPS) is 30.4. The second-order valence-corrected chi connectivity index (χ2v) is 6.17. The number of anilines is 1. The molecule has 2 aliphatic carbocycles. The fourth-order valence-electron chi connectivity index (χ4n) is 4.01. The molecule has 21 heavy (non-hydrogen) atoms. The molecule has 0 saturated heterocycles. The average Bonchev–Trinajstić information content (AvgIpc) is 3.02. The number of carbonyl (C=O) groups excluding carboxylic acids is 1. The summed E-state index contributed by atoms with van der Waals surface area (Å²) in [4.78, 5) is 23.9. The molecule has 2 saturated carbocycles. The third-order valence-electron chi connectivity index (χ3n) is 4.95. The number of carbonyl (C=O) groups is 2. The van der Waals surface area contributed by atoms with Crippen LogP contribution in [0.2, 0.25) is 0 Å². The molecule has 0 heterocycles. The molecule has 5 heteroatoms. The predicted molar refractivity (Wildman–Crippen MR) is 75.2 cm³/mol. The molecule has 112 valence electrons. The van der Waals surface area contributed by atoms with Gasteiger partial charge in [-0.2, -0.15) is 0 Å². The second kappa shape index (κ2) is 5.13. The summed E-state index contributed by atoms with van der Waals surface area (Å²) in [5.41, 5.74) is 1.19. The van der Waals surface area contributed by atoms with Crippen LogP contribution in [0.5, 0.6) is 0 Å². The first-order chi connectivity index (χ1) is 9.97. The largest absolute Gasteiger partial charge is 0.481 e. The molecule has 1 aromatic rings. The van der Waals surface area contributed by atoms with Gasteiger partial charge in [0.05, 0.1) is 11.8 Å². The molecule has 2 fully saturated rings. The van der Waals surface area contributed by atoms with Crippen LogP contribution in [0.15, 0.2) is 18.2 Å². The van der Waals surface area contributed by atoms with Crippen molar-refractivity contribution in [1.82, 2.24) is 0 Å². The summed E-state index contributed by atoms with van der Waals surface area (Å²) in [6.45, 7) is 1.72. The zero-order valence-electron chi connectivity index (χ0n) is 11.8. The van der Waals surface area contributed by atoms with Gasteiger partial charge in [-0.05, 0) is 61.8 Å². The van der Waals surface area contributed by atoms with Crippen LogP contribution in [0.4, 0.5) is 10.1 Å². The van der Waals surface area contributed by atoms with Crippen molar-refractivity contribution in [3.8, 4) is 0 Å². The van der Waals surface area contributed by atoms with Crippen molar-refractivity contribution >= 4 is 17.6 Å². The molecule has 2 aliphatic rings. The highest BCUT2D eigenvalue weighted by Gasteiger charge is 2.53. The Labute approximate surface area is 122 Å². The Hall–Kier alpha value is -1.91. The van der Waals surface area contributed by atoms with Gasteiger partial charge in [0.2, 0.25) is 5.91 Å². The van der Waals surface area contributed by atoms with Crippen molar-refractivity contribution in [2.45, 2.75) is 26.2 Å². The standard InChI is InChI=1S/C16H18FNO3/c1-8-6-11(17)4-5-12(8)18-15(19)13-9-2-3-10(7-9)14(13)16(20)21/h4-6,9-10,13-14H,2-3,7H2,1H3,(H,18,19)(H,20,21)/t9-,10+,13+,14+/m1/s1. The summed E-state index contributed by atoms with van der Waals surface area (Å²) in [6.07, 6.45) is 2.66. The van der Waals surface area contributed by atoms with E-state index in [1.54, 1.807) is 6.92 Å². The maximum absolute atomic E-state index is 13.1. The Morgan fingerprint density at radius 1 is 1.24 bits per heavy atom. The molecule has 0 spiro atoms. The molecule has 1 amide bonds. The van der Waals surface area contributed by atoms with Gasteiger partial charge in [-0.3, -0.25) is 9.59 Å².